The summed E-state index contributed by atoms with van der Waals surface area (Å²) < 4.78 is 0. The van der Waals surface area contributed by atoms with Gasteiger partial charge in [-0.05, 0) is 43.5 Å². The van der Waals surface area contributed by atoms with Crippen molar-refractivity contribution in [2.75, 3.05) is 12.4 Å². The number of carbonyl (C=O) groups is 2. The summed E-state index contributed by atoms with van der Waals surface area (Å²) in [6.07, 6.45) is 0.180. The van der Waals surface area contributed by atoms with Gasteiger partial charge in [0.05, 0.1) is 17.0 Å². The highest BCUT2D eigenvalue weighted by molar-refractivity contribution is 7.14. The van der Waals surface area contributed by atoms with Crippen LogP contribution < -0.4 is 10.6 Å². The second kappa shape index (κ2) is 10.5. The number of anilines is 1. The van der Waals surface area contributed by atoms with Crippen LogP contribution in [0, 0.1) is 0 Å². The molecule has 0 radical (unpaired) electrons. The zero-order valence-electron chi connectivity index (χ0n) is 17.3. The first-order chi connectivity index (χ1) is 14.4. The van der Waals surface area contributed by atoms with E-state index in [0.29, 0.717) is 28.3 Å². The number of rotatable bonds is 9. The number of carbonyl (C=O) groups excluding carboxylic acids is 2. The lowest BCUT2D eigenvalue weighted by Gasteiger charge is -2.22. The van der Waals surface area contributed by atoms with Crippen molar-refractivity contribution in [1.29, 1.82) is 0 Å². The normalized spacial score (nSPS) is 11.1. The van der Waals surface area contributed by atoms with E-state index in [1.807, 2.05) is 29.6 Å². The molecule has 0 saturated heterocycles. The van der Waals surface area contributed by atoms with Gasteiger partial charge in [0.1, 0.15) is 0 Å². The quantitative estimate of drug-likeness (QED) is 0.522. The first kappa shape index (κ1) is 22.1. The molecular formula is C22H26N4O2S2. The monoisotopic (exact) mass is 442 g/mol. The molecule has 0 aliphatic rings. The molecule has 0 saturated carbocycles. The number of amides is 2. The van der Waals surface area contributed by atoms with Crippen LogP contribution in [0.5, 0.6) is 0 Å². The third-order valence-electron chi connectivity index (χ3n) is 4.75. The number of aromatic nitrogens is 1. The Hall–Kier alpha value is -2.55. The van der Waals surface area contributed by atoms with E-state index in [4.69, 9.17) is 0 Å². The number of nitrogens with one attached hydrogen (secondary N) is 2. The molecule has 3 aromatic rings. The van der Waals surface area contributed by atoms with Crippen LogP contribution in [0.3, 0.4) is 0 Å². The molecule has 6 nitrogen and oxygen atoms in total. The van der Waals surface area contributed by atoms with Gasteiger partial charge in [-0.1, -0.05) is 30.3 Å². The van der Waals surface area contributed by atoms with Crippen molar-refractivity contribution in [3.05, 3.63) is 68.9 Å². The zero-order chi connectivity index (χ0) is 21.5. The van der Waals surface area contributed by atoms with Gasteiger partial charge in [0.25, 0.3) is 5.91 Å². The average molecular weight is 443 g/mol. The molecule has 0 bridgehead atoms. The molecule has 0 spiro atoms. The molecule has 0 aliphatic carbocycles. The maximum absolute atomic E-state index is 12.4. The van der Waals surface area contributed by atoms with Crippen molar-refractivity contribution in [2.24, 2.45) is 0 Å². The number of hydrogen-bond donors (Lipinski definition) is 2. The molecule has 2 amide bonds. The topological polar surface area (TPSA) is 74.3 Å². The predicted molar refractivity (Wildman–Crippen MR) is 123 cm³/mol. The maximum Gasteiger partial charge on any atom is 0.267 e. The van der Waals surface area contributed by atoms with Gasteiger partial charge in [0.15, 0.2) is 5.13 Å². The zero-order valence-corrected chi connectivity index (χ0v) is 19.0. The Bertz CT molecular complexity index is 983. The Kier molecular flexibility index (Phi) is 7.73. The average Bonchev–Trinajstić information content (AvgIpc) is 3.39. The van der Waals surface area contributed by atoms with Gasteiger partial charge in [0.2, 0.25) is 5.91 Å². The third kappa shape index (κ3) is 6.22. The number of benzene rings is 1. The van der Waals surface area contributed by atoms with Gasteiger partial charge in [-0.15, -0.1) is 22.7 Å². The first-order valence-electron chi connectivity index (χ1n) is 9.75. The van der Waals surface area contributed by atoms with E-state index in [9.17, 15) is 9.59 Å². The van der Waals surface area contributed by atoms with E-state index in [1.165, 1.54) is 28.2 Å². The van der Waals surface area contributed by atoms with E-state index in [0.717, 1.165) is 12.1 Å². The minimum Gasteiger partial charge on any atom is -0.352 e. The van der Waals surface area contributed by atoms with Gasteiger partial charge in [-0.25, -0.2) is 4.98 Å². The lowest BCUT2D eigenvalue weighted by atomic mass is 10.1. The van der Waals surface area contributed by atoms with E-state index < -0.39 is 0 Å². The number of hydrogen-bond acceptors (Lipinski definition) is 6. The number of nitrogens with zero attached hydrogens (tertiary/aromatic N) is 2. The molecule has 30 heavy (non-hydrogen) atoms. The lowest BCUT2D eigenvalue weighted by molar-refractivity contribution is -0.120. The minimum atomic E-state index is -0.182. The van der Waals surface area contributed by atoms with Gasteiger partial charge in [-0.2, -0.15) is 0 Å². The van der Waals surface area contributed by atoms with Crippen molar-refractivity contribution in [3.63, 3.8) is 0 Å². The SMILES string of the molecule is CC(C)N(C)Cc1ccccc1CNC(=O)Cc1csc(NC(=O)c2cccs2)n1. The highest BCUT2D eigenvalue weighted by Gasteiger charge is 2.13. The molecule has 2 aromatic heterocycles. The Morgan fingerprint density at radius 1 is 1.10 bits per heavy atom. The van der Waals surface area contributed by atoms with Crippen molar-refractivity contribution in [3.8, 4) is 0 Å². The minimum absolute atomic E-state index is 0.0940. The fourth-order valence-corrected chi connectivity index (χ4v) is 4.09. The molecule has 0 aliphatic heterocycles. The van der Waals surface area contributed by atoms with Crippen molar-refractivity contribution in [2.45, 2.75) is 39.4 Å². The maximum atomic E-state index is 12.4. The summed E-state index contributed by atoms with van der Waals surface area (Å²) in [5, 5.41) is 9.91. The van der Waals surface area contributed by atoms with Crippen LogP contribution >= 0.6 is 22.7 Å². The summed E-state index contributed by atoms with van der Waals surface area (Å²) >= 11 is 2.70. The van der Waals surface area contributed by atoms with Crippen LogP contribution in [0.25, 0.3) is 0 Å². The van der Waals surface area contributed by atoms with Crippen molar-refractivity contribution < 1.29 is 9.59 Å². The Labute approximate surface area is 185 Å². The smallest absolute Gasteiger partial charge is 0.267 e. The molecule has 158 valence electrons. The predicted octanol–water partition coefficient (Wildman–Crippen LogP) is 4.16. The molecule has 1 aromatic carbocycles. The van der Waals surface area contributed by atoms with E-state index in [1.54, 1.807) is 11.4 Å². The Balaban J connectivity index is 1.52. The molecule has 8 heteroatoms. The summed E-state index contributed by atoms with van der Waals surface area (Å²) in [6.45, 7) is 5.64. The third-order valence-corrected chi connectivity index (χ3v) is 6.43. The van der Waals surface area contributed by atoms with Crippen LogP contribution in [0.4, 0.5) is 5.13 Å². The van der Waals surface area contributed by atoms with Crippen LogP contribution in [0.2, 0.25) is 0 Å². The highest BCUT2D eigenvalue weighted by atomic mass is 32.1. The van der Waals surface area contributed by atoms with Gasteiger partial charge >= 0.3 is 0 Å². The molecule has 0 unspecified atom stereocenters. The highest BCUT2D eigenvalue weighted by Crippen LogP contribution is 2.18. The fraction of sp³-hybridized carbons (Fsp3) is 0.318. The molecular weight excluding hydrogens is 416 g/mol. The standard InChI is InChI=1S/C22H26N4O2S2/c1-15(2)26(3)13-17-8-5-4-7-16(17)12-23-20(27)11-18-14-30-22(24-18)25-21(28)19-9-6-10-29-19/h4-10,14-15H,11-13H2,1-3H3,(H,23,27)(H,24,25,28). The summed E-state index contributed by atoms with van der Waals surface area (Å²) in [6, 6.07) is 12.2. The summed E-state index contributed by atoms with van der Waals surface area (Å²) in [7, 11) is 2.09. The first-order valence-corrected chi connectivity index (χ1v) is 11.5. The van der Waals surface area contributed by atoms with Gasteiger partial charge < -0.3 is 5.32 Å². The van der Waals surface area contributed by atoms with E-state index in [2.05, 4.69) is 47.5 Å². The van der Waals surface area contributed by atoms with Crippen molar-refractivity contribution >= 4 is 39.6 Å². The summed E-state index contributed by atoms with van der Waals surface area (Å²) in [4.78, 5) is 31.8. The molecule has 2 N–H and O–H groups in total. The van der Waals surface area contributed by atoms with Gasteiger partial charge in [0, 0.05) is 24.5 Å². The summed E-state index contributed by atoms with van der Waals surface area (Å²) in [5.74, 6) is -0.276. The molecule has 3 rings (SSSR count). The van der Waals surface area contributed by atoms with Gasteiger partial charge in [-0.3, -0.25) is 19.8 Å². The largest absolute Gasteiger partial charge is 0.352 e. The fourth-order valence-electron chi connectivity index (χ4n) is 2.77. The second-order valence-electron chi connectivity index (χ2n) is 7.31. The van der Waals surface area contributed by atoms with Crippen LogP contribution in [-0.2, 0) is 24.3 Å². The summed E-state index contributed by atoms with van der Waals surface area (Å²) in [5.41, 5.74) is 2.97. The number of thiazole rings is 1. The van der Waals surface area contributed by atoms with Crippen LogP contribution in [-0.4, -0.2) is 34.8 Å². The van der Waals surface area contributed by atoms with Crippen LogP contribution in [0.1, 0.15) is 40.3 Å². The van der Waals surface area contributed by atoms with Crippen LogP contribution in [0.15, 0.2) is 47.2 Å². The Morgan fingerprint density at radius 3 is 2.57 bits per heavy atom. The number of thiophene rings is 1. The van der Waals surface area contributed by atoms with Crippen molar-refractivity contribution in [1.82, 2.24) is 15.2 Å². The Morgan fingerprint density at radius 2 is 1.87 bits per heavy atom. The van der Waals surface area contributed by atoms with E-state index >= 15 is 0 Å². The second-order valence-corrected chi connectivity index (χ2v) is 9.11. The lowest BCUT2D eigenvalue weighted by Crippen LogP contribution is -2.28. The molecule has 0 fully saturated rings. The van der Waals surface area contributed by atoms with E-state index in [-0.39, 0.29) is 18.2 Å². The molecule has 0 atom stereocenters. The molecule has 2 heterocycles.